The number of piperidine rings is 1. The second-order valence-electron chi connectivity index (χ2n) is 7.65. The Morgan fingerprint density at radius 1 is 1.22 bits per heavy atom. The van der Waals surface area contributed by atoms with Crippen LogP contribution in [0.3, 0.4) is 0 Å². The molecule has 146 valence electrons. The summed E-state index contributed by atoms with van der Waals surface area (Å²) in [5.41, 5.74) is -0.238. The molecule has 27 heavy (non-hydrogen) atoms. The van der Waals surface area contributed by atoms with Crippen LogP contribution in [0, 0.1) is 5.92 Å². The highest BCUT2D eigenvalue weighted by atomic mass is 16.2. The standard InChI is InChI=1S/C18H26N6O3/c1-21-16-15(17(26)22(2)18(21)27)23(11-20-16)10-14(25)24-8-4-5-12-9-19-7-3-6-13(12)24/h11-13,19H,3-10H2,1-2H3. The summed E-state index contributed by atoms with van der Waals surface area (Å²) in [7, 11) is 3.02. The Hall–Kier alpha value is -2.42. The van der Waals surface area contributed by atoms with Crippen LogP contribution in [-0.2, 0) is 25.4 Å². The Balaban J connectivity index is 1.65. The summed E-state index contributed by atoms with van der Waals surface area (Å²) >= 11 is 0. The summed E-state index contributed by atoms with van der Waals surface area (Å²) in [6.45, 7) is 2.81. The first-order chi connectivity index (χ1) is 13.0. The first-order valence-corrected chi connectivity index (χ1v) is 9.60. The minimum atomic E-state index is -0.423. The summed E-state index contributed by atoms with van der Waals surface area (Å²) in [6, 6.07) is 0.267. The van der Waals surface area contributed by atoms with Gasteiger partial charge in [-0.2, -0.15) is 0 Å². The van der Waals surface area contributed by atoms with E-state index < -0.39 is 11.2 Å². The van der Waals surface area contributed by atoms with E-state index in [2.05, 4.69) is 10.3 Å². The molecule has 0 aliphatic carbocycles. The topological polar surface area (TPSA) is 94.2 Å². The quantitative estimate of drug-likeness (QED) is 0.759. The smallest absolute Gasteiger partial charge is 0.332 e. The van der Waals surface area contributed by atoms with Crippen LogP contribution in [0.15, 0.2) is 15.9 Å². The monoisotopic (exact) mass is 374 g/mol. The van der Waals surface area contributed by atoms with Crippen molar-refractivity contribution >= 4 is 17.1 Å². The summed E-state index contributed by atoms with van der Waals surface area (Å²) in [4.78, 5) is 43.9. The van der Waals surface area contributed by atoms with Crippen molar-refractivity contribution in [2.24, 2.45) is 20.0 Å². The Morgan fingerprint density at radius 3 is 2.85 bits per heavy atom. The Bertz CT molecular complexity index is 987. The molecule has 2 aromatic heterocycles. The van der Waals surface area contributed by atoms with E-state index in [1.54, 1.807) is 11.6 Å². The minimum Gasteiger partial charge on any atom is -0.338 e. The average molecular weight is 374 g/mol. The molecule has 4 rings (SSSR count). The molecule has 0 radical (unpaired) electrons. The highest BCUT2D eigenvalue weighted by Gasteiger charge is 2.35. The third-order valence-electron chi connectivity index (χ3n) is 6.02. The zero-order chi connectivity index (χ0) is 19.1. The number of aromatic nitrogens is 4. The van der Waals surface area contributed by atoms with Crippen LogP contribution in [0.2, 0.25) is 0 Å². The third kappa shape index (κ3) is 2.99. The summed E-state index contributed by atoms with van der Waals surface area (Å²) in [6.07, 6.45) is 5.74. The van der Waals surface area contributed by atoms with Crippen molar-refractivity contribution in [3.05, 3.63) is 27.2 Å². The number of rotatable bonds is 2. The van der Waals surface area contributed by atoms with E-state index in [0.717, 1.165) is 49.9 Å². The molecule has 2 aromatic rings. The number of nitrogens with zero attached hydrogens (tertiary/aromatic N) is 5. The fourth-order valence-corrected chi connectivity index (χ4v) is 4.55. The second-order valence-corrected chi connectivity index (χ2v) is 7.65. The van der Waals surface area contributed by atoms with Crippen LogP contribution in [-0.4, -0.2) is 55.2 Å². The van der Waals surface area contributed by atoms with Crippen molar-refractivity contribution in [3.63, 3.8) is 0 Å². The van der Waals surface area contributed by atoms with E-state index in [1.807, 2.05) is 4.90 Å². The first-order valence-electron chi connectivity index (χ1n) is 9.60. The van der Waals surface area contributed by atoms with Gasteiger partial charge < -0.3 is 14.8 Å². The number of likely N-dealkylation sites (tertiary alicyclic amines) is 1. The van der Waals surface area contributed by atoms with Crippen molar-refractivity contribution in [1.29, 1.82) is 0 Å². The lowest BCUT2D eigenvalue weighted by Gasteiger charge is -2.40. The third-order valence-corrected chi connectivity index (χ3v) is 6.02. The lowest BCUT2D eigenvalue weighted by atomic mass is 9.87. The highest BCUT2D eigenvalue weighted by molar-refractivity contribution is 5.79. The van der Waals surface area contributed by atoms with Crippen molar-refractivity contribution in [2.45, 2.75) is 38.3 Å². The summed E-state index contributed by atoms with van der Waals surface area (Å²) < 4.78 is 3.97. The number of carbonyl (C=O) groups excluding carboxylic acids is 1. The van der Waals surface area contributed by atoms with Gasteiger partial charge >= 0.3 is 5.69 Å². The van der Waals surface area contributed by atoms with Gasteiger partial charge in [-0.1, -0.05) is 0 Å². The molecule has 0 spiro atoms. The fraction of sp³-hybridized carbons (Fsp3) is 0.667. The number of hydrogen-bond donors (Lipinski definition) is 1. The molecule has 2 unspecified atom stereocenters. The number of amides is 1. The summed E-state index contributed by atoms with van der Waals surface area (Å²) in [5.74, 6) is 0.514. The van der Waals surface area contributed by atoms with E-state index in [0.29, 0.717) is 17.1 Å². The zero-order valence-corrected chi connectivity index (χ0v) is 15.8. The van der Waals surface area contributed by atoms with Crippen LogP contribution in [0.25, 0.3) is 11.2 Å². The molecule has 0 aromatic carbocycles. The van der Waals surface area contributed by atoms with E-state index >= 15 is 0 Å². The molecular weight excluding hydrogens is 348 g/mol. The van der Waals surface area contributed by atoms with Gasteiger partial charge in [-0.25, -0.2) is 9.78 Å². The van der Waals surface area contributed by atoms with Crippen molar-refractivity contribution < 1.29 is 4.79 Å². The average Bonchev–Trinajstić information content (AvgIpc) is 2.92. The van der Waals surface area contributed by atoms with Crippen LogP contribution >= 0.6 is 0 Å². The van der Waals surface area contributed by atoms with Gasteiger partial charge in [-0.15, -0.1) is 0 Å². The second kappa shape index (κ2) is 6.95. The van der Waals surface area contributed by atoms with Gasteiger partial charge in [0.25, 0.3) is 5.56 Å². The van der Waals surface area contributed by atoms with Crippen molar-refractivity contribution in [2.75, 3.05) is 19.6 Å². The van der Waals surface area contributed by atoms with Gasteiger partial charge in [0.05, 0.1) is 6.33 Å². The Kier molecular flexibility index (Phi) is 4.63. The largest absolute Gasteiger partial charge is 0.338 e. The number of aryl methyl sites for hydroxylation is 1. The molecule has 2 fully saturated rings. The summed E-state index contributed by atoms with van der Waals surface area (Å²) in [5, 5.41) is 3.47. The number of nitrogens with one attached hydrogen (secondary N) is 1. The number of carbonyl (C=O) groups is 1. The molecular formula is C18H26N6O3. The highest BCUT2D eigenvalue weighted by Crippen LogP contribution is 2.28. The zero-order valence-electron chi connectivity index (χ0n) is 15.8. The minimum absolute atomic E-state index is 0.0156. The number of hydrogen-bond acceptors (Lipinski definition) is 5. The Morgan fingerprint density at radius 2 is 2.04 bits per heavy atom. The fourth-order valence-electron chi connectivity index (χ4n) is 4.55. The Labute approximate surface area is 156 Å². The molecule has 0 bridgehead atoms. The van der Waals surface area contributed by atoms with Crippen molar-refractivity contribution in [3.8, 4) is 0 Å². The molecule has 0 saturated carbocycles. The van der Waals surface area contributed by atoms with E-state index in [4.69, 9.17) is 0 Å². The SMILES string of the molecule is Cn1c(=O)c2c(ncn2CC(=O)N2CCCC3CNCCCC32)n(C)c1=O. The van der Waals surface area contributed by atoms with E-state index in [9.17, 15) is 14.4 Å². The molecule has 9 heteroatoms. The normalized spacial score (nSPS) is 23.3. The lowest BCUT2D eigenvalue weighted by Crippen LogP contribution is -2.50. The predicted molar refractivity (Wildman–Crippen MR) is 101 cm³/mol. The van der Waals surface area contributed by atoms with Gasteiger partial charge in [0.15, 0.2) is 11.2 Å². The molecule has 2 aliphatic rings. The number of fused-ring (bicyclic) bond motifs is 2. The van der Waals surface area contributed by atoms with Crippen LogP contribution in [0.4, 0.5) is 0 Å². The molecule has 2 atom stereocenters. The molecule has 9 nitrogen and oxygen atoms in total. The molecule has 4 heterocycles. The molecule has 1 N–H and O–H groups in total. The first kappa shape index (κ1) is 18.0. The number of imidazole rings is 1. The van der Waals surface area contributed by atoms with Gasteiger partial charge in [-0.05, 0) is 44.7 Å². The van der Waals surface area contributed by atoms with Gasteiger partial charge in [-0.3, -0.25) is 18.7 Å². The maximum atomic E-state index is 13.1. The molecule has 2 saturated heterocycles. The van der Waals surface area contributed by atoms with Crippen LogP contribution in [0.5, 0.6) is 0 Å². The maximum absolute atomic E-state index is 13.1. The lowest BCUT2D eigenvalue weighted by molar-refractivity contribution is -0.137. The molecule has 1 amide bonds. The van der Waals surface area contributed by atoms with Crippen molar-refractivity contribution in [1.82, 2.24) is 28.9 Å². The maximum Gasteiger partial charge on any atom is 0.332 e. The van der Waals surface area contributed by atoms with Crippen LogP contribution in [0.1, 0.15) is 25.7 Å². The van der Waals surface area contributed by atoms with Gasteiger partial charge in [0.1, 0.15) is 6.54 Å². The van der Waals surface area contributed by atoms with E-state index in [1.165, 1.54) is 17.9 Å². The predicted octanol–water partition coefficient (Wildman–Crippen LogP) is -0.576. The van der Waals surface area contributed by atoms with Crippen LogP contribution < -0.4 is 16.6 Å². The van der Waals surface area contributed by atoms with Gasteiger partial charge in [0.2, 0.25) is 5.91 Å². The molecule has 2 aliphatic heterocycles. The van der Waals surface area contributed by atoms with Gasteiger partial charge in [0, 0.05) is 26.7 Å². The van der Waals surface area contributed by atoms with E-state index in [-0.39, 0.29) is 18.5 Å².